The molecular formula is C21H26O10. The van der Waals surface area contributed by atoms with Crippen LogP contribution in [0.15, 0.2) is 24.3 Å². The van der Waals surface area contributed by atoms with Crippen LogP contribution in [0.4, 0.5) is 0 Å². The Balaban J connectivity index is 2.51. The van der Waals surface area contributed by atoms with Gasteiger partial charge >= 0.3 is 23.9 Å². The molecule has 0 amide bonds. The SMILES string of the molecule is COc1ccc([C@H]2O[C@H](COC(C)=O)[C@@H](OC(C)=O)[C@H](OC(C)=O)[C@@H]2OC(C)=O)cc1. The number of carbonyl (C=O) groups is 4. The van der Waals surface area contributed by atoms with Crippen LogP contribution in [0.5, 0.6) is 5.75 Å². The molecule has 170 valence electrons. The third kappa shape index (κ3) is 6.68. The first kappa shape index (κ1) is 24.1. The molecule has 10 nitrogen and oxygen atoms in total. The van der Waals surface area contributed by atoms with Crippen molar-refractivity contribution in [3.8, 4) is 5.75 Å². The maximum atomic E-state index is 11.8. The average molecular weight is 438 g/mol. The van der Waals surface area contributed by atoms with Crippen LogP contribution in [-0.2, 0) is 42.9 Å². The Bertz CT molecular complexity index is 803. The predicted molar refractivity (Wildman–Crippen MR) is 104 cm³/mol. The van der Waals surface area contributed by atoms with Gasteiger partial charge in [-0.15, -0.1) is 0 Å². The van der Waals surface area contributed by atoms with Gasteiger partial charge in [-0.1, -0.05) is 12.1 Å². The van der Waals surface area contributed by atoms with Crippen LogP contribution >= 0.6 is 0 Å². The van der Waals surface area contributed by atoms with E-state index in [0.29, 0.717) is 11.3 Å². The molecule has 0 spiro atoms. The summed E-state index contributed by atoms with van der Waals surface area (Å²) in [6, 6.07) is 6.76. The summed E-state index contributed by atoms with van der Waals surface area (Å²) in [6.45, 7) is 4.49. The number of hydrogen-bond acceptors (Lipinski definition) is 10. The van der Waals surface area contributed by atoms with Crippen LogP contribution in [-0.4, -0.2) is 62.0 Å². The Morgan fingerprint density at radius 1 is 0.774 bits per heavy atom. The number of rotatable bonds is 7. The van der Waals surface area contributed by atoms with Crippen molar-refractivity contribution < 1.29 is 47.6 Å². The van der Waals surface area contributed by atoms with E-state index in [0.717, 1.165) is 0 Å². The lowest BCUT2D eigenvalue weighted by Crippen LogP contribution is -2.59. The highest BCUT2D eigenvalue weighted by Gasteiger charge is 2.52. The summed E-state index contributed by atoms with van der Waals surface area (Å²) in [4.78, 5) is 46.7. The van der Waals surface area contributed by atoms with E-state index in [1.165, 1.54) is 34.8 Å². The maximum Gasteiger partial charge on any atom is 0.303 e. The van der Waals surface area contributed by atoms with Gasteiger partial charge in [0.2, 0.25) is 0 Å². The molecule has 0 bridgehead atoms. The van der Waals surface area contributed by atoms with E-state index >= 15 is 0 Å². The lowest BCUT2D eigenvalue weighted by molar-refractivity contribution is -0.254. The molecule has 1 aliphatic heterocycles. The van der Waals surface area contributed by atoms with Crippen molar-refractivity contribution in [2.24, 2.45) is 0 Å². The van der Waals surface area contributed by atoms with Crippen LogP contribution in [0, 0.1) is 0 Å². The Morgan fingerprint density at radius 3 is 1.77 bits per heavy atom. The summed E-state index contributed by atoms with van der Waals surface area (Å²) >= 11 is 0. The molecule has 0 aromatic heterocycles. The van der Waals surface area contributed by atoms with E-state index in [4.69, 9.17) is 28.4 Å². The van der Waals surface area contributed by atoms with Gasteiger partial charge in [-0.2, -0.15) is 0 Å². The fourth-order valence-corrected chi connectivity index (χ4v) is 3.29. The molecule has 1 aromatic carbocycles. The van der Waals surface area contributed by atoms with E-state index in [-0.39, 0.29) is 6.61 Å². The molecule has 0 N–H and O–H groups in total. The Hall–Kier alpha value is -3.14. The second kappa shape index (κ2) is 10.8. The number of methoxy groups -OCH3 is 1. The van der Waals surface area contributed by atoms with Crippen molar-refractivity contribution in [1.82, 2.24) is 0 Å². The van der Waals surface area contributed by atoms with Gasteiger partial charge in [0, 0.05) is 27.7 Å². The summed E-state index contributed by atoms with van der Waals surface area (Å²) in [5.41, 5.74) is 0.582. The second-order valence-corrected chi connectivity index (χ2v) is 6.89. The quantitative estimate of drug-likeness (QED) is 0.457. The average Bonchev–Trinajstić information content (AvgIpc) is 2.68. The minimum absolute atomic E-state index is 0.273. The van der Waals surface area contributed by atoms with Gasteiger partial charge in [0.15, 0.2) is 18.3 Å². The zero-order valence-electron chi connectivity index (χ0n) is 18.0. The first-order valence-electron chi connectivity index (χ1n) is 9.56. The zero-order chi connectivity index (χ0) is 23.1. The smallest absolute Gasteiger partial charge is 0.303 e. The van der Waals surface area contributed by atoms with Crippen molar-refractivity contribution in [3.63, 3.8) is 0 Å². The highest BCUT2D eigenvalue weighted by molar-refractivity contribution is 5.68. The van der Waals surface area contributed by atoms with Crippen LogP contribution in [0.1, 0.15) is 39.4 Å². The molecule has 0 unspecified atom stereocenters. The predicted octanol–water partition coefficient (Wildman–Crippen LogP) is 1.49. The largest absolute Gasteiger partial charge is 0.497 e. The maximum absolute atomic E-state index is 11.8. The second-order valence-electron chi connectivity index (χ2n) is 6.89. The van der Waals surface area contributed by atoms with Gasteiger partial charge in [-0.3, -0.25) is 19.2 Å². The summed E-state index contributed by atoms with van der Waals surface area (Å²) in [5.74, 6) is -1.99. The van der Waals surface area contributed by atoms with E-state index in [9.17, 15) is 19.2 Å². The molecular weight excluding hydrogens is 412 g/mol. The Morgan fingerprint density at radius 2 is 1.29 bits per heavy atom. The third-order valence-corrected chi connectivity index (χ3v) is 4.44. The fraction of sp³-hybridized carbons (Fsp3) is 0.524. The molecule has 2 rings (SSSR count). The normalized spacial score (nSPS) is 25.1. The minimum atomic E-state index is -1.20. The molecule has 5 atom stereocenters. The van der Waals surface area contributed by atoms with E-state index < -0.39 is 54.4 Å². The molecule has 1 aliphatic rings. The first-order valence-corrected chi connectivity index (χ1v) is 9.56. The molecule has 0 saturated carbocycles. The zero-order valence-corrected chi connectivity index (χ0v) is 18.0. The van der Waals surface area contributed by atoms with Gasteiger partial charge in [-0.05, 0) is 17.7 Å². The standard InChI is InChI=1S/C21H26O10/c1-11(22)27-10-17-19(28-12(2)23)21(30-14(4)25)20(29-13(3)24)18(31-17)15-6-8-16(26-5)9-7-15/h6-9,17-21H,10H2,1-5H3/t17-,18-,19-,20-,21+/m1/s1. The number of hydrogen-bond donors (Lipinski definition) is 0. The summed E-state index contributed by atoms with van der Waals surface area (Å²) in [6.07, 6.45) is -5.42. The number of benzene rings is 1. The molecule has 10 heteroatoms. The fourth-order valence-electron chi connectivity index (χ4n) is 3.29. The highest BCUT2D eigenvalue weighted by atomic mass is 16.7. The van der Waals surface area contributed by atoms with Crippen LogP contribution in [0.3, 0.4) is 0 Å². The number of esters is 4. The van der Waals surface area contributed by atoms with Crippen molar-refractivity contribution in [2.45, 2.75) is 58.2 Å². The number of carbonyl (C=O) groups excluding carboxylic acids is 4. The van der Waals surface area contributed by atoms with Gasteiger partial charge in [0.25, 0.3) is 0 Å². The molecule has 1 aromatic rings. The minimum Gasteiger partial charge on any atom is -0.497 e. The summed E-state index contributed by atoms with van der Waals surface area (Å²) < 4.78 is 32.5. The van der Waals surface area contributed by atoms with Crippen LogP contribution in [0.2, 0.25) is 0 Å². The van der Waals surface area contributed by atoms with E-state index in [1.54, 1.807) is 24.3 Å². The first-order chi connectivity index (χ1) is 14.6. The number of ether oxygens (including phenoxy) is 6. The van der Waals surface area contributed by atoms with Gasteiger partial charge in [0.1, 0.15) is 24.6 Å². The highest BCUT2D eigenvalue weighted by Crippen LogP contribution is 2.38. The van der Waals surface area contributed by atoms with Crippen LogP contribution < -0.4 is 4.74 Å². The monoisotopic (exact) mass is 438 g/mol. The van der Waals surface area contributed by atoms with E-state index in [1.807, 2.05) is 0 Å². The molecule has 1 heterocycles. The Labute approximate surface area is 179 Å². The van der Waals surface area contributed by atoms with Gasteiger partial charge in [0.05, 0.1) is 7.11 Å². The van der Waals surface area contributed by atoms with E-state index in [2.05, 4.69) is 0 Å². The van der Waals surface area contributed by atoms with Crippen molar-refractivity contribution in [2.75, 3.05) is 13.7 Å². The third-order valence-electron chi connectivity index (χ3n) is 4.44. The Kier molecular flexibility index (Phi) is 8.38. The molecule has 1 fully saturated rings. The summed E-state index contributed by atoms with van der Waals surface area (Å²) in [7, 11) is 1.52. The van der Waals surface area contributed by atoms with Crippen LogP contribution in [0.25, 0.3) is 0 Å². The lowest BCUT2D eigenvalue weighted by atomic mass is 9.90. The van der Waals surface area contributed by atoms with Gasteiger partial charge in [-0.25, -0.2) is 0 Å². The van der Waals surface area contributed by atoms with Crippen molar-refractivity contribution >= 4 is 23.9 Å². The van der Waals surface area contributed by atoms with Crippen molar-refractivity contribution in [3.05, 3.63) is 29.8 Å². The summed E-state index contributed by atoms with van der Waals surface area (Å²) in [5, 5.41) is 0. The molecule has 0 aliphatic carbocycles. The van der Waals surface area contributed by atoms with Crippen molar-refractivity contribution in [1.29, 1.82) is 0 Å². The lowest BCUT2D eigenvalue weighted by Gasteiger charge is -2.44. The topological polar surface area (TPSA) is 124 Å². The molecule has 1 saturated heterocycles. The molecule has 31 heavy (non-hydrogen) atoms. The molecule has 0 radical (unpaired) electrons. The van der Waals surface area contributed by atoms with Gasteiger partial charge < -0.3 is 28.4 Å².